The van der Waals surface area contributed by atoms with Gasteiger partial charge in [-0.1, -0.05) is 24.3 Å². The van der Waals surface area contributed by atoms with Crippen LogP contribution in [0.2, 0.25) is 0 Å². The Balaban J connectivity index is 1.47. The number of benzene rings is 2. The van der Waals surface area contributed by atoms with Gasteiger partial charge in [0.05, 0.1) is 23.4 Å². The van der Waals surface area contributed by atoms with E-state index in [-0.39, 0.29) is 23.2 Å². The van der Waals surface area contributed by atoms with Crippen LogP contribution in [0.5, 0.6) is 11.5 Å². The van der Waals surface area contributed by atoms with Crippen molar-refractivity contribution < 1.29 is 14.3 Å². The Bertz CT molecular complexity index is 1460. The molecule has 1 saturated heterocycles. The van der Waals surface area contributed by atoms with Gasteiger partial charge in [-0.25, -0.2) is 9.78 Å². The molecular formula is C26H26N6O4. The van der Waals surface area contributed by atoms with Crippen LogP contribution in [-0.4, -0.2) is 57.6 Å². The minimum atomic E-state index is -0.366. The average molecular weight is 487 g/mol. The third kappa shape index (κ3) is 4.58. The lowest BCUT2D eigenvalue weighted by Crippen LogP contribution is -2.26. The predicted octanol–water partition coefficient (Wildman–Crippen LogP) is 3.00. The molecule has 1 aliphatic heterocycles. The molecule has 184 valence electrons. The SMILES string of the molecule is COCC=CC(=O)N1CCC(c2nn(-c3ccc(Oc4ccccc4)cc3)c3c(N)n[nH]c(=O)c23)C1. The number of methoxy groups -OCH3 is 1. The second-order valence-corrected chi connectivity index (χ2v) is 8.50. The fraction of sp³-hybridized carbons (Fsp3) is 0.231. The van der Waals surface area contributed by atoms with Crippen molar-refractivity contribution in [2.75, 3.05) is 32.5 Å². The minimum Gasteiger partial charge on any atom is -0.457 e. The molecule has 0 aliphatic carbocycles. The van der Waals surface area contributed by atoms with E-state index in [1.165, 1.54) is 6.08 Å². The number of aromatic amines is 1. The molecule has 3 heterocycles. The lowest BCUT2D eigenvalue weighted by Gasteiger charge is -2.13. The molecule has 1 unspecified atom stereocenters. The van der Waals surface area contributed by atoms with E-state index in [0.717, 1.165) is 5.75 Å². The zero-order valence-corrected chi connectivity index (χ0v) is 19.8. The first-order valence-corrected chi connectivity index (χ1v) is 11.6. The molecule has 10 heteroatoms. The number of amides is 1. The number of aromatic nitrogens is 4. The number of rotatable bonds is 7. The van der Waals surface area contributed by atoms with Gasteiger partial charge in [0.2, 0.25) is 5.91 Å². The number of nitrogens with one attached hydrogen (secondary N) is 1. The molecule has 0 bridgehead atoms. The van der Waals surface area contributed by atoms with E-state index >= 15 is 0 Å². The van der Waals surface area contributed by atoms with Crippen LogP contribution in [-0.2, 0) is 9.53 Å². The lowest BCUT2D eigenvalue weighted by atomic mass is 10.0. The molecular weight excluding hydrogens is 460 g/mol. The van der Waals surface area contributed by atoms with Crippen molar-refractivity contribution in [3.05, 3.63) is 82.8 Å². The summed E-state index contributed by atoms with van der Waals surface area (Å²) in [4.78, 5) is 27.1. The number of carbonyl (C=O) groups excluding carboxylic acids is 1. The average Bonchev–Trinajstić information content (AvgIpc) is 3.54. The van der Waals surface area contributed by atoms with Crippen LogP contribution < -0.4 is 16.0 Å². The largest absolute Gasteiger partial charge is 0.457 e. The Morgan fingerprint density at radius 2 is 1.92 bits per heavy atom. The highest BCUT2D eigenvalue weighted by Crippen LogP contribution is 2.33. The molecule has 0 spiro atoms. The third-order valence-electron chi connectivity index (χ3n) is 6.13. The van der Waals surface area contributed by atoms with E-state index < -0.39 is 0 Å². The van der Waals surface area contributed by atoms with Gasteiger partial charge < -0.3 is 20.1 Å². The van der Waals surface area contributed by atoms with E-state index in [0.29, 0.717) is 54.2 Å². The Kier molecular flexibility index (Phi) is 6.50. The molecule has 1 amide bonds. The van der Waals surface area contributed by atoms with Gasteiger partial charge in [0, 0.05) is 32.2 Å². The van der Waals surface area contributed by atoms with Gasteiger partial charge in [-0.2, -0.15) is 10.2 Å². The number of carbonyl (C=O) groups is 1. The number of fused-ring (bicyclic) bond motifs is 1. The number of ether oxygens (including phenoxy) is 2. The van der Waals surface area contributed by atoms with Gasteiger partial charge in [0.1, 0.15) is 17.0 Å². The van der Waals surface area contributed by atoms with Crippen molar-refractivity contribution in [2.24, 2.45) is 0 Å². The van der Waals surface area contributed by atoms with Gasteiger partial charge in [0.15, 0.2) is 5.82 Å². The number of anilines is 1. The molecule has 3 N–H and O–H groups in total. The molecule has 10 nitrogen and oxygen atoms in total. The first-order chi connectivity index (χ1) is 17.5. The fourth-order valence-electron chi connectivity index (χ4n) is 4.40. The zero-order valence-electron chi connectivity index (χ0n) is 19.8. The lowest BCUT2D eigenvalue weighted by molar-refractivity contribution is -0.125. The van der Waals surface area contributed by atoms with Crippen LogP contribution >= 0.6 is 0 Å². The summed E-state index contributed by atoms with van der Waals surface area (Å²) in [6, 6.07) is 16.8. The molecule has 36 heavy (non-hydrogen) atoms. The molecule has 2 aromatic heterocycles. The van der Waals surface area contributed by atoms with Gasteiger partial charge in [0.25, 0.3) is 5.56 Å². The highest BCUT2D eigenvalue weighted by Gasteiger charge is 2.32. The van der Waals surface area contributed by atoms with E-state index in [1.54, 1.807) is 22.8 Å². The summed E-state index contributed by atoms with van der Waals surface area (Å²) in [5.41, 5.74) is 7.58. The number of likely N-dealkylation sites (tertiary alicyclic amines) is 1. The Morgan fingerprint density at radius 3 is 2.67 bits per heavy atom. The van der Waals surface area contributed by atoms with Crippen molar-refractivity contribution in [2.45, 2.75) is 12.3 Å². The number of H-pyrrole nitrogens is 1. The highest BCUT2D eigenvalue weighted by atomic mass is 16.5. The molecule has 1 atom stereocenters. The molecule has 0 saturated carbocycles. The topological polar surface area (TPSA) is 128 Å². The predicted molar refractivity (Wildman–Crippen MR) is 135 cm³/mol. The third-order valence-corrected chi connectivity index (χ3v) is 6.13. The number of hydrogen-bond donors (Lipinski definition) is 2. The van der Waals surface area contributed by atoms with Crippen LogP contribution in [0.3, 0.4) is 0 Å². The van der Waals surface area contributed by atoms with Crippen LogP contribution in [0.4, 0.5) is 5.82 Å². The molecule has 4 aromatic rings. The smallest absolute Gasteiger partial charge is 0.275 e. The first-order valence-electron chi connectivity index (χ1n) is 11.6. The summed E-state index contributed by atoms with van der Waals surface area (Å²) in [6.45, 7) is 1.39. The summed E-state index contributed by atoms with van der Waals surface area (Å²) < 4.78 is 12.5. The van der Waals surface area contributed by atoms with Crippen LogP contribution in [0.15, 0.2) is 71.5 Å². The molecule has 2 aromatic carbocycles. The quantitative estimate of drug-likeness (QED) is 0.384. The fourth-order valence-corrected chi connectivity index (χ4v) is 4.40. The van der Waals surface area contributed by atoms with Gasteiger partial charge >= 0.3 is 0 Å². The summed E-state index contributed by atoms with van der Waals surface area (Å²) in [7, 11) is 1.57. The van der Waals surface area contributed by atoms with Crippen LogP contribution in [0.1, 0.15) is 18.0 Å². The van der Waals surface area contributed by atoms with Crippen molar-refractivity contribution in [1.82, 2.24) is 24.9 Å². The van der Waals surface area contributed by atoms with Gasteiger partial charge in [-0.15, -0.1) is 0 Å². The number of nitrogens with zero attached hydrogens (tertiary/aromatic N) is 4. The Hall–Kier alpha value is -4.44. The molecule has 0 radical (unpaired) electrons. The summed E-state index contributed by atoms with van der Waals surface area (Å²) in [5.74, 6) is 1.35. The van der Waals surface area contributed by atoms with Crippen LogP contribution in [0, 0.1) is 0 Å². The maximum atomic E-state index is 12.8. The monoisotopic (exact) mass is 486 g/mol. The maximum Gasteiger partial charge on any atom is 0.275 e. The molecule has 1 aliphatic rings. The van der Waals surface area contributed by atoms with Gasteiger partial charge in [-0.05, 0) is 42.8 Å². The van der Waals surface area contributed by atoms with E-state index in [2.05, 4.69) is 10.2 Å². The van der Waals surface area contributed by atoms with Crippen molar-refractivity contribution >= 4 is 22.6 Å². The van der Waals surface area contributed by atoms with E-state index in [1.807, 2.05) is 54.6 Å². The second-order valence-electron chi connectivity index (χ2n) is 8.50. The van der Waals surface area contributed by atoms with Crippen molar-refractivity contribution in [3.8, 4) is 17.2 Å². The van der Waals surface area contributed by atoms with Crippen molar-refractivity contribution in [1.29, 1.82) is 0 Å². The number of para-hydroxylation sites is 1. The van der Waals surface area contributed by atoms with E-state index in [4.69, 9.17) is 20.3 Å². The summed E-state index contributed by atoms with van der Waals surface area (Å²) in [6.07, 6.45) is 3.87. The maximum absolute atomic E-state index is 12.8. The van der Waals surface area contributed by atoms with Crippen molar-refractivity contribution in [3.63, 3.8) is 0 Å². The first kappa shape index (κ1) is 23.3. The number of hydrogen-bond acceptors (Lipinski definition) is 7. The highest BCUT2D eigenvalue weighted by molar-refractivity contribution is 5.91. The summed E-state index contributed by atoms with van der Waals surface area (Å²) in [5, 5.41) is 11.6. The standard InChI is InChI=1S/C26H26N6O4/c1-35-15-5-8-21(33)31-14-13-17(16-31)23-22-24(25(27)28-29-26(22)34)32(30-23)18-9-11-20(12-10-18)36-19-6-3-2-4-7-19/h2-12,17H,13-16H2,1H3,(H2,27,28)(H,29,34). The Labute approximate surface area is 206 Å². The zero-order chi connectivity index (χ0) is 25.1. The molecule has 5 rings (SSSR count). The van der Waals surface area contributed by atoms with E-state index in [9.17, 15) is 9.59 Å². The van der Waals surface area contributed by atoms with Gasteiger partial charge in [-0.3, -0.25) is 9.59 Å². The normalized spacial score (nSPS) is 15.7. The minimum absolute atomic E-state index is 0.0950. The number of nitrogen functional groups attached to an aromatic ring is 1. The Morgan fingerprint density at radius 1 is 1.17 bits per heavy atom. The second kappa shape index (κ2) is 10.0. The molecule has 1 fully saturated rings. The number of nitrogens with two attached hydrogens (primary N) is 1. The summed E-state index contributed by atoms with van der Waals surface area (Å²) >= 11 is 0. The van der Waals surface area contributed by atoms with Crippen LogP contribution in [0.25, 0.3) is 16.6 Å².